The molecule has 3 amide bonds. The lowest BCUT2D eigenvalue weighted by Gasteiger charge is -2.36. The minimum Gasteiger partial charge on any atom is -0.444 e. The molecule has 0 heterocycles. The maximum Gasteiger partial charge on any atom is 0.408 e. The number of carbonyl (C=O) groups excluding carboxylic acids is 3. The van der Waals surface area contributed by atoms with Crippen molar-refractivity contribution in [2.75, 3.05) is 6.54 Å². The van der Waals surface area contributed by atoms with Gasteiger partial charge < -0.3 is 20.3 Å². The molecule has 1 aromatic rings. The third-order valence-corrected chi connectivity index (χ3v) is 5.98. The van der Waals surface area contributed by atoms with E-state index < -0.39 is 23.8 Å². The number of rotatable bonds is 9. The lowest BCUT2D eigenvalue weighted by atomic mass is 9.94. The van der Waals surface area contributed by atoms with Crippen molar-refractivity contribution in [3.63, 3.8) is 0 Å². The van der Waals surface area contributed by atoms with Crippen LogP contribution < -0.4 is 10.6 Å². The van der Waals surface area contributed by atoms with Gasteiger partial charge in [0.2, 0.25) is 11.8 Å². The molecule has 1 aliphatic carbocycles. The standard InChI is InChI=1S/C27H43N3O4/c1-7-18-30(25(32)22(19(2)3)29-26(33)34-27(4,5)6)23(20-14-10-8-11-15-20)24(31)28-21-16-12-9-13-17-21/h8,10-11,14-15,19,21-23H,7,9,12-13,16-18H2,1-6H3,(H,28,31)(H,29,33). The molecule has 0 spiro atoms. The zero-order chi connectivity index (χ0) is 25.3. The summed E-state index contributed by atoms with van der Waals surface area (Å²) in [6.45, 7) is 11.5. The molecule has 2 N–H and O–H groups in total. The molecular weight excluding hydrogens is 430 g/mol. The molecule has 2 atom stereocenters. The molecule has 7 heteroatoms. The second-order valence-corrected chi connectivity index (χ2v) is 10.6. The minimum atomic E-state index is -0.810. The fraction of sp³-hybridized carbons (Fsp3) is 0.667. The predicted molar refractivity (Wildman–Crippen MR) is 134 cm³/mol. The summed E-state index contributed by atoms with van der Waals surface area (Å²) >= 11 is 0. The van der Waals surface area contributed by atoms with Crippen LogP contribution in [0, 0.1) is 5.92 Å². The Hall–Kier alpha value is -2.57. The number of hydrogen-bond donors (Lipinski definition) is 2. The first-order valence-corrected chi connectivity index (χ1v) is 12.7. The van der Waals surface area contributed by atoms with Gasteiger partial charge in [-0.1, -0.05) is 70.4 Å². The summed E-state index contributed by atoms with van der Waals surface area (Å²) in [6.07, 6.45) is 5.37. The maximum absolute atomic E-state index is 13.9. The molecule has 2 rings (SSSR count). The number of carbonyl (C=O) groups is 3. The third-order valence-electron chi connectivity index (χ3n) is 5.98. The molecule has 0 radical (unpaired) electrons. The van der Waals surface area contributed by atoms with Gasteiger partial charge in [-0.15, -0.1) is 0 Å². The minimum absolute atomic E-state index is 0.131. The summed E-state index contributed by atoms with van der Waals surface area (Å²) in [5, 5.41) is 5.96. The molecule has 34 heavy (non-hydrogen) atoms. The van der Waals surface area contributed by atoms with Crippen LogP contribution >= 0.6 is 0 Å². The summed E-state index contributed by atoms with van der Waals surface area (Å²) in [4.78, 5) is 41.6. The van der Waals surface area contributed by atoms with Crippen LogP contribution in [0.2, 0.25) is 0 Å². The van der Waals surface area contributed by atoms with E-state index in [1.807, 2.05) is 51.1 Å². The molecule has 1 fully saturated rings. The molecule has 190 valence electrons. The van der Waals surface area contributed by atoms with Gasteiger partial charge in [-0.2, -0.15) is 0 Å². The first-order valence-electron chi connectivity index (χ1n) is 12.7. The quantitative estimate of drug-likeness (QED) is 0.530. The van der Waals surface area contributed by atoms with E-state index >= 15 is 0 Å². The van der Waals surface area contributed by atoms with Crippen LogP contribution in [0.25, 0.3) is 0 Å². The van der Waals surface area contributed by atoms with E-state index in [2.05, 4.69) is 10.6 Å². The predicted octanol–water partition coefficient (Wildman–Crippen LogP) is 4.96. The largest absolute Gasteiger partial charge is 0.444 e. The van der Waals surface area contributed by atoms with E-state index in [0.717, 1.165) is 31.2 Å². The molecular formula is C27H43N3O4. The molecule has 0 aromatic heterocycles. The van der Waals surface area contributed by atoms with Crippen LogP contribution in [0.1, 0.15) is 91.7 Å². The molecule has 1 saturated carbocycles. The van der Waals surface area contributed by atoms with E-state index in [1.165, 1.54) is 6.42 Å². The molecule has 0 bridgehead atoms. The summed E-state index contributed by atoms with van der Waals surface area (Å²) in [6, 6.07) is 7.97. The van der Waals surface area contributed by atoms with Crippen molar-refractivity contribution in [3.05, 3.63) is 35.9 Å². The van der Waals surface area contributed by atoms with Crippen molar-refractivity contribution in [2.45, 2.75) is 104 Å². The van der Waals surface area contributed by atoms with Gasteiger partial charge in [-0.05, 0) is 51.5 Å². The number of amides is 3. The van der Waals surface area contributed by atoms with Gasteiger partial charge in [-0.3, -0.25) is 9.59 Å². The zero-order valence-corrected chi connectivity index (χ0v) is 21.7. The Balaban J connectivity index is 2.35. The first-order chi connectivity index (χ1) is 16.0. The lowest BCUT2D eigenvalue weighted by Crippen LogP contribution is -2.55. The summed E-state index contributed by atoms with van der Waals surface area (Å²) < 4.78 is 5.40. The van der Waals surface area contributed by atoms with Crippen LogP contribution in [0.4, 0.5) is 4.79 Å². The lowest BCUT2D eigenvalue weighted by molar-refractivity contribution is -0.143. The molecule has 0 saturated heterocycles. The Morgan fingerprint density at radius 2 is 1.68 bits per heavy atom. The Kier molecular flexibility index (Phi) is 10.4. The number of hydrogen-bond acceptors (Lipinski definition) is 4. The van der Waals surface area contributed by atoms with Crippen LogP contribution in [0.5, 0.6) is 0 Å². The number of ether oxygens (including phenoxy) is 1. The molecule has 7 nitrogen and oxygen atoms in total. The Morgan fingerprint density at radius 3 is 2.21 bits per heavy atom. The van der Waals surface area contributed by atoms with E-state index in [0.29, 0.717) is 13.0 Å². The third kappa shape index (κ3) is 8.33. The topological polar surface area (TPSA) is 87.7 Å². The van der Waals surface area contributed by atoms with E-state index in [-0.39, 0.29) is 23.8 Å². The molecule has 2 unspecified atom stereocenters. The van der Waals surface area contributed by atoms with Crippen molar-refractivity contribution in [3.8, 4) is 0 Å². The fourth-order valence-electron chi connectivity index (χ4n) is 4.37. The number of alkyl carbamates (subject to hydrolysis) is 1. The van der Waals surface area contributed by atoms with E-state index in [9.17, 15) is 14.4 Å². The van der Waals surface area contributed by atoms with Crippen LogP contribution in [-0.2, 0) is 14.3 Å². The zero-order valence-electron chi connectivity index (χ0n) is 21.7. The number of nitrogens with zero attached hydrogens (tertiary/aromatic N) is 1. The SMILES string of the molecule is CCCN(C(=O)C(NC(=O)OC(C)(C)C)C(C)C)C(C(=O)NC1CCCCC1)c1ccccc1. The summed E-state index contributed by atoms with van der Waals surface area (Å²) in [7, 11) is 0. The van der Waals surface area contributed by atoms with Gasteiger partial charge in [0.05, 0.1) is 0 Å². The van der Waals surface area contributed by atoms with Gasteiger partial charge in [-0.25, -0.2) is 4.79 Å². The highest BCUT2D eigenvalue weighted by Crippen LogP contribution is 2.26. The maximum atomic E-state index is 13.9. The van der Waals surface area contributed by atoms with Crippen molar-refractivity contribution in [2.24, 2.45) is 5.92 Å². The van der Waals surface area contributed by atoms with E-state index in [4.69, 9.17) is 4.74 Å². The smallest absolute Gasteiger partial charge is 0.408 e. The average molecular weight is 474 g/mol. The van der Waals surface area contributed by atoms with E-state index in [1.54, 1.807) is 25.7 Å². The van der Waals surface area contributed by atoms with Crippen LogP contribution in [0.3, 0.4) is 0 Å². The van der Waals surface area contributed by atoms with Crippen molar-refractivity contribution >= 4 is 17.9 Å². The second-order valence-electron chi connectivity index (χ2n) is 10.6. The summed E-state index contributed by atoms with van der Waals surface area (Å²) in [5.74, 6) is -0.632. The van der Waals surface area contributed by atoms with Crippen molar-refractivity contribution in [1.82, 2.24) is 15.5 Å². The molecule has 1 aromatic carbocycles. The van der Waals surface area contributed by atoms with Gasteiger partial charge in [0.25, 0.3) is 0 Å². The Bertz CT molecular complexity index is 798. The highest BCUT2D eigenvalue weighted by Gasteiger charge is 2.37. The Morgan fingerprint density at radius 1 is 1.06 bits per heavy atom. The monoisotopic (exact) mass is 473 g/mol. The van der Waals surface area contributed by atoms with Gasteiger partial charge >= 0.3 is 6.09 Å². The van der Waals surface area contributed by atoms with Crippen LogP contribution in [-0.4, -0.2) is 47.0 Å². The highest BCUT2D eigenvalue weighted by molar-refractivity contribution is 5.92. The summed E-state index contributed by atoms with van der Waals surface area (Å²) in [5.41, 5.74) is 0.0851. The van der Waals surface area contributed by atoms with Crippen molar-refractivity contribution < 1.29 is 19.1 Å². The fourth-order valence-corrected chi connectivity index (χ4v) is 4.37. The molecule has 0 aliphatic heterocycles. The number of nitrogens with one attached hydrogen (secondary N) is 2. The number of benzene rings is 1. The second kappa shape index (κ2) is 12.8. The Labute approximate surface area is 205 Å². The average Bonchev–Trinajstić information content (AvgIpc) is 2.77. The molecule has 1 aliphatic rings. The normalized spacial score (nSPS) is 16.4. The van der Waals surface area contributed by atoms with Gasteiger partial charge in [0, 0.05) is 12.6 Å². The van der Waals surface area contributed by atoms with Gasteiger partial charge in [0.15, 0.2) is 0 Å². The van der Waals surface area contributed by atoms with Crippen molar-refractivity contribution in [1.29, 1.82) is 0 Å². The first kappa shape index (κ1) is 27.7. The highest BCUT2D eigenvalue weighted by atomic mass is 16.6. The van der Waals surface area contributed by atoms with Gasteiger partial charge in [0.1, 0.15) is 17.7 Å². The van der Waals surface area contributed by atoms with Crippen LogP contribution in [0.15, 0.2) is 30.3 Å².